The molecule has 0 saturated carbocycles. The van der Waals surface area contributed by atoms with Crippen molar-refractivity contribution in [3.8, 4) is 11.5 Å². The summed E-state index contributed by atoms with van der Waals surface area (Å²) in [6.07, 6.45) is 0.699. The monoisotopic (exact) mass is 347 g/mol. The van der Waals surface area contributed by atoms with Gasteiger partial charge in [0.2, 0.25) is 0 Å². The van der Waals surface area contributed by atoms with Crippen molar-refractivity contribution in [3.05, 3.63) is 50.1 Å². The number of aromatic nitrogens is 2. The van der Waals surface area contributed by atoms with Crippen molar-refractivity contribution in [2.75, 3.05) is 20.3 Å². The fourth-order valence-electron chi connectivity index (χ4n) is 3.06. The van der Waals surface area contributed by atoms with E-state index in [1.54, 1.807) is 7.11 Å². The van der Waals surface area contributed by atoms with Crippen molar-refractivity contribution in [3.63, 3.8) is 0 Å². The molecule has 0 radical (unpaired) electrons. The molecule has 1 aliphatic heterocycles. The molecule has 128 valence electrons. The first-order valence-electron chi connectivity index (χ1n) is 7.97. The quantitative estimate of drug-likeness (QED) is 0.813. The second kappa shape index (κ2) is 7.19. The zero-order chi connectivity index (χ0) is 17.1. The number of para-hydroxylation sites is 1. The Morgan fingerprint density at radius 2 is 2.17 bits per heavy atom. The molecule has 0 spiro atoms. The molecule has 0 bridgehead atoms. The van der Waals surface area contributed by atoms with Gasteiger partial charge in [-0.1, -0.05) is 12.1 Å². The number of hydrogen-bond acceptors (Lipinski definition) is 5. The summed E-state index contributed by atoms with van der Waals surface area (Å²) in [4.78, 5) is 20.0. The molecule has 0 unspecified atom stereocenters. The van der Waals surface area contributed by atoms with Crippen LogP contribution in [0.3, 0.4) is 0 Å². The van der Waals surface area contributed by atoms with Crippen molar-refractivity contribution in [1.29, 1.82) is 0 Å². The minimum atomic E-state index is -0.0789. The lowest BCUT2D eigenvalue weighted by molar-refractivity contribution is 0.232. The van der Waals surface area contributed by atoms with Crippen molar-refractivity contribution < 1.29 is 9.47 Å². The summed E-state index contributed by atoms with van der Waals surface area (Å²) >= 11 is 5.08. The van der Waals surface area contributed by atoms with E-state index in [2.05, 4.69) is 14.9 Å². The van der Waals surface area contributed by atoms with Gasteiger partial charge in [-0.3, -0.25) is 14.7 Å². The molecule has 7 heteroatoms. The third kappa shape index (κ3) is 3.37. The van der Waals surface area contributed by atoms with Crippen molar-refractivity contribution >= 4 is 12.2 Å². The fraction of sp³-hybridized carbons (Fsp3) is 0.412. The Morgan fingerprint density at radius 3 is 2.92 bits per heavy atom. The highest BCUT2D eigenvalue weighted by atomic mass is 32.1. The predicted molar refractivity (Wildman–Crippen MR) is 94.2 cm³/mol. The summed E-state index contributed by atoms with van der Waals surface area (Å²) in [5.41, 5.74) is 2.69. The highest BCUT2D eigenvalue weighted by molar-refractivity contribution is 7.71. The van der Waals surface area contributed by atoms with Gasteiger partial charge in [0.1, 0.15) is 0 Å². The molecule has 1 aromatic carbocycles. The summed E-state index contributed by atoms with van der Waals surface area (Å²) in [6.45, 7) is 4.73. The highest BCUT2D eigenvalue weighted by Crippen LogP contribution is 2.32. The average Bonchev–Trinajstić information content (AvgIpc) is 2.56. The summed E-state index contributed by atoms with van der Waals surface area (Å²) < 4.78 is 11.6. The molecule has 3 rings (SSSR count). The van der Waals surface area contributed by atoms with E-state index in [1.807, 2.05) is 25.1 Å². The van der Waals surface area contributed by atoms with Crippen LogP contribution < -0.4 is 15.0 Å². The molecule has 0 amide bonds. The summed E-state index contributed by atoms with van der Waals surface area (Å²) in [7, 11) is 1.64. The number of rotatable bonds is 5. The molecule has 1 aliphatic rings. The van der Waals surface area contributed by atoms with Crippen LogP contribution in [0.5, 0.6) is 11.5 Å². The lowest BCUT2D eigenvalue weighted by Crippen LogP contribution is -2.35. The van der Waals surface area contributed by atoms with Gasteiger partial charge in [0.15, 0.2) is 16.3 Å². The van der Waals surface area contributed by atoms with Crippen molar-refractivity contribution in [1.82, 2.24) is 14.9 Å². The molecule has 6 nitrogen and oxygen atoms in total. The highest BCUT2D eigenvalue weighted by Gasteiger charge is 2.21. The van der Waals surface area contributed by atoms with Gasteiger partial charge in [0.05, 0.1) is 13.7 Å². The number of methoxy groups -OCH3 is 1. The first kappa shape index (κ1) is 16.7. The van der Waals surface area contributed by atoms with Gasteiger partial charge in [0, 0.05) is 36.5 Å². The van der Waals surface area contributed by atoms with Gasteiger partial charge >= 0.3 is 0 Å². The molecule has 1 aromatic heterocycles. The van der Waals surface area contributed by atoms with Gasteiger partial charge < -0.3 is 14.5 Å². The van der Waals surface area contributed by atoms with E-state index < -0.39 is 0 Å². The van der Waals surface area contributed by atoms with Crippen LogP contribution in [-0.2, 0) is 19.5 Å². The number of H-pyrrole nitrogens is 2. The summed E-state index contributed by atoms with van der Waals surface area (Å²) in [5, 5.41) is 0. The maximum absolute atomic E-state index is 12.0. The normalized spacial score (nSPS) is 14.2. The molecule has 0 atom stereocenters. The van der Waals surface area contributed by atoms with Crippen LogP contribution in [0.1, 0.15) is 23.7 Å². The maximum Gasteiger partial charge on any atom is 0.255 e. The second-order valence-electron chi connectivity index (χ2n) is 5.71. The van der Waals surface area contributed by atoms with E-state index in [0.29, 0.717) is 24.3 Å². The Kier molecular flexibility index (Phi) is 5.01. The maximum atomic E-state index is 12.0. The van der Waals surface area contributed by atoms with Crippen molar-refractivity contribution in [2.45, 2.75) is 26.4 Å². The largest absolute Gasteiger partial charge is 0.493 e. The molecule has 2 N–H and O–H groups in total. The lowest BCUT2D eigenvalue weighted by atomic mass is 10.1. The Balaban J connectivity index is 1.85. The molecule has 24 heavy (non-hydrogen) atoms. The number of hydrogen-bond donors (Lipinski definition) is 2. The minimum absolute atomic E-state index is 0.0789. The number of ether oxygens (including phenoxy) is 2. The molecule has 2 heterocycles. The minimum Gasteiger partial charge on any atom is -0.493 e. The zero-order valence-electron chi connectivity index (χ0n) is 13.8. The van der Waals surface area contributed by atoms with Crippen LogP contribution in [0.15, 0.2) is 23.0 Å². The van der Waals surface area contributed by atoms with Gasteiger partial charge in [-0.2, -0.15) is 0 Å². The SMILES string of the molecule is CCOc1c(CN2CCc3c([nH]c(=S)[nH]c3=O)C2)cccc1OC. The Morgan fingerprint density at radius 1 is 1.33 bits per heavy atom. The van der Waals surface area contributed by atoms with E-state index >= 15 is 0 Å². The Bertz CT molecular complexity index is 844. The molecule has 0 saturated heterocycles. The first-order chi connectivity index (χ1) is 11.6. The van der Waals surface area contributed by atoms with Crippen LogP contribution >= 0.6 is 12.2 Å². The smallest absolute Gasteiger partial charge is 0.255 e. The second-order valence-corrected chi connectivity index (χ2v) is 6.12. The Labute approximate surface area is 145 Å². The van der Waals surface area contributed by atoms with E-state index in [1.165, 1.54) is 0 Å². The lowest BCUT2D eigenvalue weighted by Gasteiger charge is -2.28. The number of aromatic amines is 2. The van der Waals surface area contributed by atoms with E-state index in [9.17, 15) is 4.79 Å². The van der Waals surface area contributed by atoms with E-state index in [4.69, 9.17) is 21.7 Å². The zero-order valence-corrected chi connectivity index (χ0v) is 14.7. The van der Waals surface area contributed by atoms with Crippen LogP contribution in [0.4, 0.5) is 0 Å². The fourth-order valence-corrected chi connectivity index (χ4v) is 3.28. The molecular formula is C17H21N3O3S. The average molecular weight is 347 g/mol. The molecule has 0 fully saturated rings. The third-order valence-electron chi connectivity index (χ3n) is 4.15. The van der Waals surface area contributed by atoms with Gasteiger partial charge in [-0.05, 0) is 31.6 Å². The van der Waals surface area contributed by atoms with Crippen LogP contribution in [0, 0.1) is 4.77 Å². The number of benzene rings is 1. The van der Waals surface area contributed by atoms with Crippen molar-refractivity contribution in [2.24, 2.45) is 0 Å². The first-order valence-corrected chi connectivity index (χ1v) is 8.38. The summed E-state index contributed by atoms with van der Waals surface area (Å²) in [5.74, 6) is 1.52. The topological polar surface area (TPSA) is 70.3 Å². The molecule has 0 aliphatic carbocycles. The predicted octanol–water partition coefficient (Wildman–Crippen LogP) is 2.40. The van der Waals surface area contributed by atoms with Crippen LogP contribution in [-0.4, -0.2) is 35.1 Å². The van der Waals surface area contributed by atoms with Gasteiger partial charge in [-0.25, -0.2) is 0 Å². The number of nitrogens with zero attached hydrogens (tertiary/aromatic N) is 1. The standard InChI is InChI=1S/C17H21N3O3S/c1-3-23-15-11(5-4-6-14(15)22-2)9-20-8-7-12-13(10-20)18-17(24)19-16(12)21/h4-6H,3,7-10H2,1-2H3,(H2,18,19,21,24). The van der Waals surface area contributed by atoms with E-state index in [0.717, 1.165) is 41.4 Å². The van der Waals surface area contributed by atoms with Gasteiger partial charge in [0.25, 0.3) is 5.56 Å². The third-order valence-corrected chi connectivity index (χ3v) is 4.36. The van der Waals surface area contributed by atoms with Gasteiger partial charge in [-0.15, -0.1) is 0 Å². The van der Waals surface area contributed by atoms with E-state index in [-0.39, 0.29) is 5.56 Å². The molecular weight excluding hydrogens is 326 g/mol. The van der Waals surface area contributed by atoms with Crippen LogP contribution in [0.2, 0.25) is 0 Å². The van der Waals surface area contributed by atoms with Crippen LogP contribution in [0.25, 0.3) is 0 Å². The summed E-state index contributed by atoms with van der Waals surface area (Å²) in [6, 6.07) is 5.91. The number of nitrogens with one attached hydrogen (secondary N) is 2. The molecule has 2 aromatic rings. The Hall–Kier alpha value is -2.12. The number of fused-ring (bicyclic) bond motifs is 1.